The summed E-state index contributed by atoms with van der Waals surface area (Å²) in [6.07, 6.45) is 2.07. The van der Waals surface area contributed by atoms with E-state index in [4.69, 9.17) is 9.47 Å². The number of hydrogen-bond acceptors (Lipinski definition) is 9. The minimum Gasteiger partial charge on any atom is -0.385 e. The highest BCUT2D eigenvalue weighted by Crippen LogP contribution is 2.19. The number of morpholine rings is 2. The number of carbonyl (C=O) groups is 3. The molecule has 4 aromatic carbocycles. The van der Waals surface area contributed by atoms with Crippen LogP contribution in [0, 0.1) is 0 Å². The third-order valence-electron chi connectivity index (χ3n) is 9.22. The SMILES string of the molecule is O=C(Nc1cccc(C(=O)Nc2ccc(NCCCN3CCOCC3)cc2)c1)Nc1cccc(C(=O)Nc2ccc(NCCCN3CCOCC3)cc2)c1. The lowest BCUT2D eigenvalue weighted by atomic mass is 10.1. The number of urea groups is 1. The van der Waals surface area contributed by atoms with Gasteiger partial charge in [-0.3, -0.25) is 19.4 Å². The lowest BCUT2D eigenvalue weighted by Crippen LogP contribution is -2.37. The molecule has 4 aromatic rings. The van der Waals surface area contributed by atoms with Gasteiger partial charge in [-0.05, 0) is 111 Å². The Morgan fingerprint density at radius 2 is 0.870 bits per heavy atom. The zero-order chi connectivity index (χ0) is 37.4. The lowest BCUT2D eigenvalue weighted by molar-refractivity contribution is 0.0378. The summed E-state index contributed by atoms with van der Waals surface area (Å²) < 4.78 is 10.8. The van der Waals surface area contributed by atoms with Gasteiger partial charge in [0.25, 0.3) is 11.8 Å². The highest BCUT2D eigenvalue weighted by atomic mass is 16.5. The molecule has 0 aromatic heterocycles. The first-order valence-corrected chi connectivity index (χ1v) is 18.7. The molecule has 2 fully saturated rings. The Bertz CT molecular complexity index is 1680. The average molecular weight is 735 g/mol. The third kappa shape index (κ3) is 12.3. The summed E-state index contributed by atoms with van der Waals surface area (Å²) in [6.45, 7) is 11.0. The molecule has 0 radical (unpaired) electrons. The maximum atomic E-state index is 13.0. The summed E-state index contributed by atoms with van der Waals surface area (Å²) in [6, 6.07) is 28.1. The molecule has 0 atom stereocenters. The molecule has 0 aliphatic carbocycles. The van der Waals surface area contributed by atoms with Crippen molar-refractivity contribution in [2.24, 2.45) is 0 Å². The fourth-order valence-electron chi connectivity index (χ4n) is 6.24. The maximum Gasteiger partial charge on any atom is 0.323 e. The first-order chi connectivity index (χ1) is 26.5. The van der Waals surface area contributed by atoms with Gasteiger partial charge in [0.05, 0.1) is 26.4 Å². The summed E-state index contributed by atoms with van der Waals surface area (Å²) in [4.78, 5) is 43.8. The van der Waals surface area contributed by atoms with E-state index >= 15 is 0 Å². The highest BCUT2D eigenvalue weighted by molar-refractivity contribution is 6.07. The molecule has 0 spiro atoms. The average Bonchev–Trinajstić information content (AvgIpc) is 3.20. The quantitative estimate of drug-likeness (QED) is 0.0752. The van der Waals surface area contributed by atoms with E-state index in [2.05, 4.69) is 41.7 Å². The highest BCUT2D eigenvalue weighted by Gasteiger charge is 2.13. The molecule has 0 bridgehead atoms. The van der Waals surface area contributed by atoms with Crippen molar-refractivity contribution in [1.82, 2.24) is 9.80 Å². The van der Waals surface area contributed by atoms with Gasteiger partial charge in [-0.15, -0.1) is 0 Å². The van der Waals surface area contributed by atoms with E-state index in [1.54, 1.807) is 48.5 Å². The number of rotatable bonds is 16. The first-order valence-electron chi connectivity index (χ1n) is 18.7. The van der Waals surface area contributed by atoms with E-state index in [0.717, 1.165) is 103 Å². The van der Waals surface area contributed by atoms with Gasteiger partial charge in [-0.2, -0.15) is 0 Å². The molecule has 284 valence electrons. The van der Waals surface area contributed by atoms with Gasteiger partial charge in [-0.25, -0.2) is 4.79 Å². The molecule has 2 aliphatic rings. The minimum atomic E-state index is -0.508. The minimum absolute atomic E-state index is 0.297. The molecule has 54 heavy (non-hydrogen) atoms. The van der Waals surface area contributed by atoms with Crippen molar-refractivity contribution in [3.8, 4) is 0 Å². The van der Waals surface area contributed by atoms with E-state index < -0.39 is 6.03 Å². The van der Waals surface area contributed by atoms with Crippen LogP contribution in [0.25, 0.3) is 0 Å². The zero-order valence-electron chi connectivity index (χ0n) is 30.6. The predicted octanol–water partition coefficient (Wildman–Crippen LogP) is 6.10. The van der Waals surface area contributed by atoms with Crippen LogP contribution in [0.2, 0.25) is 0 Å². The smallest absolute Gasteiger partial charge is 0.323 e. The van der Waals surface area contributed by atoms with Crippen LogP contribution in [0.4, 0.5) is 38.9 Å². The van der Waals surface area contributed by atoms with Gasteiger partial charge in [0.15, 0.2) is 0 Å². The van der Waals surface area contributed by atoms with E-state index in [1.165, 1.54) is 0 Å². The Labute approximate surface area is 316 Å². The normalized spacial score (nSPS) is 14.8. The monoisotopic (exact) mass is 734 g/mol. The number of nitrogens with one attached hydrogen (secondary N) is 6. The molecule has 13 nitrogen and oxygen atoms in total. The summed E-state index contributed by atoms with van der Waals surface area (Å²) >= 11 is 0. The van der Waals surface area contributed by atoms with Gasteiger partial charge in [0.2, 0.25) is 0 Å². The second kappa shape index (κ2) is 20.1. The standard InChI is InChI=1S/C41H50N8O5/c50-39(44-35-13-9-33(10-14-35)42-17-3-19-48-21-25-53-26-22-48)31-5-1-7-37(29-31)46-41(52)47-38-8-2-6-32(30-38)40(51)45-36-15-11-34(12-16-36)43-18-4-20-49-23-27-54-28-24-49/h1-2,5-16,29-30,42-43H,3-4,17-28H2,(H,44,50)(H,45,51)(H2,46,47,52). The van der Waals surface area contributed by atoms with Crippen molar-refractivity contribution >= 4 is 52.0 Å². The molecule has 13 heteroatoms. The van der Waals surface area contributed by atoms with Gasteiger partial charge in [-0.1, -0.05) is 12.1 Å². The van der Waals surface area contributed by atoms with Crippen LogP contribution in [0.5, 0.6) is 0 Å². The number of ether oxygens (including phenoxy) is 2. The van der Waals surface area contributed by atoms with E-state index in [9.17, 15) is 14.4 Å². The Morgan fingerprint density at radius 1 is 0.481 bits per heavy atom. The summed E-state index contributed by atoms with van der Waals surface area (Å²) in [5.74, 6) is -0.594. The van der Waals surface area contributed by atoms with Crippen molar-refractivity contribution in [2.75, 3.05) is 111 Å². The fourth-order valence-corrected chi connectivity index (χ4v) is 6.24. The second-order valence-corrected chi connectivity index (χ2v) is 13.3. The van der Waals surface area contributed by atoms with Crippen LogP contribution >= 0.6 is 0 Å². The first kappa shape index (κ1) is 38.3. The second-order valence-electron chi connectivity index (χ2n) is 13.3. The van der Waals surface area contributed by atoms with Crippen LogP contribution in [0.3, 0.4) is 0 Å². The van der Waals surface area contributed by atoms with Gasteiger partial charge in [0, 0.05) is 84.5 Å². The largest absolute Gasteiger partial charge is 0.385 e. The number of amides is 4. The maximum absolute atomic E-state index is 13.0. The van der Waals surface area contributed by atoms with Crippen LogP contribution in [-0.2, 0) is 9.47 Å². The Morgan fingerprint density at radius 3 is 1.28 bits per heavy atom. The van der Waals surface area contributed by atoms with Crippen molar-refractivity contribution < 1.29 is 23.9 Å². The van der Waals surface area contributed by atoms with Gasteiger partial charge >= 0.3 is 6.03 Å². The van der Waals surface area contributed by atoms with E-state index in [0.29, 0.717) is 33.9 Å². The number of carbonyl (C=O) groups excluding carboxylic acids is 3. The Balaban J connectivity index is 0.918. The van der Waals surface area contributed by atoms with Crippen molar-refractivity contribution in [3.63, 3.8) is 0 Å². The lowest BCUT2D eigenvalue weighted by Gasteiger charge is -2.26. The molecule has 6 N–H and O–H groups in total. The predicted molar refractivity (Wildman–Crippen MR) is 215 cm³/mol. The van der Waals surface area contributed by atoms with Crippen LogP contribution in [-0.4, -0.2) is 106 Å². The number of nitrogens with zero attached hydrogens (tertiary/aromatic N) is 2. The molecule has 0 unspecified atom stereocenters. The molecule has 2 heterocycles. The fraction of sp³-hybridized carbons (Fsp3) is 0.341. The van der Waals surface area contributed by atoms with E-state index in [-0.39, 0.29) is 11.8 Å². The van der Waals surface area contributed by atoms with Crippen LogP contribution < -0.4 is 31.9 Å². The van der Waals surface area contributed by atoms with E-state index in [1.807, 2.05) is 48.5 Å². The molecule has 2 saturated heterocycles. The van der Waals surface area contributed by atoms with Gasteiger partial charge in [0.1, 0.15) is 0 Å². The molecule has 6 rings (SSSR count). The van der Waals surface area contributed by atoms with Crippen LogP contribution in [0.1, 0.15) is 33.6 Å². The number of benzene rings is 4. The summed E-state index contributed by atoms with van der Waals surface area (Å²) in [7, 11) is 0. The summed E-state index contributed by atoms with van der Waals surface area (Å²) in [5.41, 5.74) is 4.98. The Hall–Kier alpha value is -5.47. The van der Waals surface area contributed by atoms with Crippen molar-refractivity contribution in [2.45, 2.75) is 12.8 Å². The zero-order valence-corrected chi connectivity index (χ0v) is 30.6. The molecular weight excluding hydrogens is 685 g/mol. The molecular formula is C41H50N8O5. The van der Waals surface area contributed by atoms with Gasteiger partial charge < -0.3 is 41.4 Å². The van der Waals surface area contributed by atoms with Crippen molar-refractivity contribution in [1.29, 1.82) is 0 Å². The molecule has 4 amide bonds. The number of hydrogen-bond donors (Lipinski definition) is 6. The molecule has 0 saturated carbocycles. The topological polar surface area (TPSA) is 148 Å². The Kier molecular flexibility index (Phi) is 14.3. The number of anilines is 6. The van der Waals surface area contributed by atoms with Crippen LogP contribution in [0.15, 0.2) is 97.1 Å². The van der Waals surface area contributed by atoms with Crippen molar-refractivity contribution in [3.05, 3.63) is 108 Å². The third-order valence-corrected chi connectivity index (χ3v) is 9.22. The molecule has 2 aliphatic heterocycles. The summed E-state index contributed by atoms with van der Waals surface area (Å²) in [5, 5.41) is 18.2.